The van der Waals surface area contributed by atoms with Crippen molar-refractivity contribution in [2.24, 2.45) is 17.8 Å². The Morgan fingerprint density at radius 1 is 1.00 bits per heavy atom. The summed E-state index contributed by atoms with van der Waals surface area (Å²) in [5.41, 5.74) is 3.62. The van der Waals surface area contributed by atoms with E-state index in [9.17, 15) is 9.90 Å². The quantitative estimate of drug-likeness (QED) is 0.240. The Balaban J connectivity index is 1.35. The summed E-state index contributed by atoms with van der Waals surface area (Å²) in [5, 5.41) is 11.0. The highest BCUT2D eigenvalue weighted by Gasteiger charge is 2.52. The lowest BCUT2D eigenvalue weighted by Crippen LogP contribution is -2.48. The lowest BCUT2D eigenvalue weighted by atomic mass is 9.48. The number of methoxy groups -OCH3 is 2. The standard InChI is InChI=1S/C31H38O6/c1-34-11-12-36-20-37-29-16-26(28(32)10-5-21-3-6-25(7-4-21)30(33)35-2)8-9-27(29)31-17-22-13-23(18-31)15-24(14-22)19-31/h3-10,16,22-24,28,32H,11-15,17-20H2,1-2H3. The molecule has 198 valence electrons. The van der Waals surface area contributed by atoms with Gasteiger partial charge in [0.2, 0.25) is 0 Å². The zero-order valence-electron chi connectivity index (χ0n) is 21.9. The smallest absolute Gasteiger partial charge is 0.337 e. The third-order valence-electron chi connectivity index (χ3n) is 8.49. The molecule has 0 spiro atoms. The molecule has 37 heavy (non-hydrogen) atoms. The predicted octanol–water partition coefficient (Wildman–Crippen LogP) is 5.69. The number of carbonyl (C=O) groups is 1. The Morgan fingerprint density at radius 3 is 2.30 bits per heavy atom. The summed E-state index contributed by atoms with van der Waals surface area (Å²) in [6, 6.07) is 13.3. The Labute approximate surface area is 219 Å². The predicted molar refractivity (Wildman–Crippen MR) is 141 cm³/mol. The van der Waals surface area contributed by atoms with Gasteiger partial charge in [-0.15, -0.1) is 0 Å². The summed E-state index contributed by atoms with van der Waals surface area (Å²) in [4.78, 5) is 11.7. The van der Waals surface area contributed by atoms with Crippen LogP contribution in [0.15, 0.2) is 48.5 Å². The lowest BCUT2D eigenvalue weighted by Gasteiger charge is -2.57. The minimum absolute atomic E-state index is 0.157. The number of aliphatic hydroxyl groups is 1. The second-order valence-corrected chi connectivity index (χ2v) is 11.0. The normalized spacial score (nSPS) is 26.9. The molecular weight excluding hydrogens is 468 g/mol. The number of ether oxygens (including phenoxy) is 4. The van der Waals surface area contributed by atoms with Crippen molar-refractivity contribution in [1.82, 2.24) is 0 Å². The number of benzene rings is 2. The van der Waals surface area contributed by atoms with E-state index in [0.717, 1.165) is 34.6 Å². The molecule has 6 heteroatoms. The summed E-state index contributed by atoms with van der Waals surface area (Å²) in [6.45, 7) is 1.16. The molecule has 0 amide bonds. The average molecular weight is 507 g/mol. The number of carbonyl (C=O) groups excluding carboxylic acids is 1. The molecule has 1 unspecified atom stereocenters. The van der Waals surface area contributed by atoms with E-state index < -0.39 is 6.10 Å². The van der Waals surface area contributed by atoms with Crippen LogP contribution in [0.4, 0.5) is 0 Å². The highest BCUT2D eigenvalue weighted by atomic mass is 16.7. The number of esters is 1. The van der Waals surface area contributed by atoms with Gasteiger partial charge in [-0.3, -0.25) is 0 Å². The monoisotopic (exact) mass is 506 g/mol. The molecular formula is C31H38O6. The fourth-order valence-corrected chi connectivity index (χ4v) is 7.19. The van der Waals surface area contributed by atoms with Crippen LogP contribution in [0.2, 0.25) is 0 Å². The van der Waals surface area contributed by atoms with Crippen LogP contribution in [-0.2, 0) is 19.6 Å². The van der Waals surface area contributed by atoms with Crippen molar-refractivity contribution in [1.29, 1.82) is 0 Å². The average Bonchev–Trinajstić information content (AvgIpc) is 2.90. The van der Waals surface area contributed by atoms with Gasteiger partial charge in [0, 0.05) is 12.7 Å². The summed E-state index contributed by atoms with van der Waals surface area (Å²) in [5.74, 6) is 2.95. The topological polar surface area (TPSA) is 74.2 Å². The minimum Gasteiger partial charge on any atom is -0.467 e. The molecule has 0 aliphatic heterocycles. The summed E-state index contributed by atoms with van der Waals surface area (Å²) in [7, 11) is 3.02. The molecule has 6 rings (SSSR count). The van der Waals surface area contributed by atoms with Crippen molar-refractivity contribution >= 4 is 12.0 Å². The van der Waals surface area contributed by atoms with Crippen molar-refractivity contribution in [3.05, 3.63) is 70.8 Å². The van der Waals surface area contributed by atoms with Crippen LogP contribution in [0.3, 0.4) is 0 Å². The van der Waals surface area contributed by atoms with E-state index in [2.05, 4.69) is 6.07 Å². The first-order chi connectivity index (χ1) is 18.0. The maximum Gasteiger partial charge on any atom is 0.337 e. The second kappa shape index (κ2) is 11.4. The zero-order chi connectivity index (χ0) is 25.8. The second-order valence-electron chi connectivity index (χ2n) is 11.0. The maximum atomic E-state index is 11.7. The van der Waals surface area contributed by atoms with Gasteiger partial charge in [-0.05, 0) is 91.0 Å². The Kier molecular flexibility index (Phi) is 7.98. The van der Waals surface area contributed by atoms with E-state index in [1.807, 2.05) is 30.3 Å². The lowest BCUT2D eigenvalue weighted by molar-refractivity contribution is -0.0190. The van der Waals surface area contributed by atoms with Crippen LogP contribution in [0.25, 0.3) is 6.08 Å². The molecule has 6 nitrogen and oxygen atoms in total. The van der Waals surface area contributed by atoms with Gasteiger partial charge in [0.1, 0.15) is 5.75 Å². The molecule has 4 saturated carbocycles. The van der Waals surface area contributed by atoms with Gasteiger partial charge in [-0.1, -0.05) is 36.4 Å². The fourth-order valence-electron chi connectivity index (χ4n) is 7.19. The molecule has 0 saturated heterocycles. The van der Waals surface area contributed by atoms with Crippen molar-refractivity contribution < 1.29 is 28.8 Å². The van der Waals surface area contributed by atoms with Crippen LogP contribution in [0.5, 0.6) is 5.75 Å². The van der Waals surface area contributed by atoms with Gasteiger partial charge < -0.3 is 24.1 Å². The number of hydrogen-bond acceptors (Lipinski definition) is 6. The van der Waals surface area contributed by atoms with E-state index in [1.165, 1.54) is 51.2 Å². The molecule has 1 N–H and O–H groups in total. The van der Waals surface area contributed by atoms with Gasteiger partial charge in [-0.25, -0.2) is 4.79 Å². The van der Waals surface area contributed by atoms with Crippen LogP contribution in [0, 0.1) is 17.8 Å². The molecule has 4 bridgehead atoms. The van der Waals surface area contributed by atoms with Gasteiger partial charge in [0.25, 0.3) is 0 Å². The Bertz CT molecular complexity index is 1070. The van der Waals surface area contributed by atoms with Crippen molar-refractivity contribution in [3.8, 4) is 5.75 Å². The molecule has 0 heterocycles. The molecule has 2 aromatic carbocycles. The van der Waals surface area contributed by atoms with Crippen molar-refractivity contribution in [3.63, 3.8) is 0 Å². The maximum absolute atomic E-state index is 11.7. The summed E-state index contributed by atoms with van der Waals surface area (Å²) >= 11 is 0. The largest absolute Gasteiger partial charge is 0.467 e. The zero-order valence-corrected chi connectivity index (χ0v) is 21.9. The van der Waals surface area contributed by atoms with Crippen LogP contribution in [-0.4, -0.2) is 45.3 Å². The highest BCUT2D eigenvalue weighted by molar-refractivity contribution is 5.89. The summed E-state index contributed by atoms with van der Waals surface area (Å²) in [6.07, 6.45) is 10.7. The third-order valence-corrected chi connectivity index (χ3v) is 8.49. The van der Waals surface area contributed by atoms with E-state index in [-0.39, 0.29) is 18.2 Å². The van der Waals surface area contributed by atoms with Crippen molar-refractivity contribution in [2.75, 3.05) is 34.2 Å². The van der Waals surface area contributed by atoms with E-state index in [0.29, 0.717) is 18.8 Å². The molecule has 4 aliphatic rings. The number of hydrogen-bond donors (Lipinski definition) is 1. The number of rotatable bonds is 11. The molecule has 0 radical (unpaired) electrons. The first-order valence-corrected chi connectivity index (χ1v) is 13.4. The van der Waals surface area contributed by atoms with E-state index in [1.54, 1.807) is 25.3 Å². The highest BCUT2D eigenvalue weighted by Crippen LogP contribution is 2.62. The van der Waals surface area contributed by atoms with Crippen LogP contribution < -0.4 is 4.74 Å². The minimum atomic E-state index is -0.789. The van der Waals surface area contributed by atoms with Crippen LogP contribution >= 0.6 is 0 Å². The molecule has 4 aliphatic carbocycles. The van der Waals surface area contributed by atoms with E-state index >= 15 is 0 Å². The van der Waals surface area contributed by atoms with Gasteiger partial charge in [-0.2, -0.15) is 0 Å². The van der Waals surface area contributed by atoms with Crippen LogP contribution in [0.1, 0.15) is 71.7 Å². The summed E-state index contributed by atoms with van der Waals surface area (Å²) < 4.78 is 21.7. The van der Waals surface area contributed by atoms with E-state index in [4.69, 9.17) is 18.9 Å². The third kappa shape index (κ3) is 5.77. The van der Waals surface area contributed by atoms with Gasteiger partial charge in [0.05, 0.1) is 32.0 Å². The molecule has 0 aromatic heterocycles. The first-order valence-electron chi connectivity index (χ1n) is 13.4. The fraction of sp³-hybridized carbons (Fsp3) is 0.516. The molecule has 1 atom stereocenters. The Morgan fingerprint density at radius 2 is 1.68 bits per heavy atom. The number of aliphatic hydroxyl groups excluding tert-OH is 1. The Hall–Kier alpha value is -2.67. The first kappa shape index (κ1) is 26.0. The SMILES string of the molecule is COCCOCOc1cc(C(O)C=Cc2ccc(C(=O)OC)cc2)ccc1C12CC3CC(CC(C3)C1)C2. The molecule has 2 aromatic rings. The van der Waals surface area contributed by atoms with Crippen molar-refractivity contribution in [2.45, 2.75) is 50.0 Å². The molecule has 4 fully saturated rings. The van der Waals surface area contributed by atoms with Gasteiger partial charge in [0.15, 0.2) is 6.79 Å². The van der Waals surface area contributed by atoms with Gasteiger partial charge >= 0.3 is 5.97 Å².